The third kappa shape index (κ3) is 3.61. The van der Waals surface area contributed by atoms with Crippen molar-refractivity contribution in [3.05, 3.63) is 59.2 Å². The maximum Gasteiger partial charge on any atom is 0.323 e. The summed E-state index contributed by atoms with van der Waals surface area (Å²) in [5.41, 5.74) is 3.42. The number of ether oxygens (including phenoxy) is 3. The molecule has 0 unspecified atom stereocenters. The number of hydrogen-bond donors (Lipinski definition) is 0. The molecule has 0 N–H and O–H groups in total. The highest BCUT2D eigenvalue weighted by Gasteiger charge is 2.32. The van der Waals surface area contributed by atoms with E-state index in [1.807, 2.05) is 42.5 Å². The number of rotatable bonds is 6. The van der Waals surface area contributed by atoms with E-state index in [4.69, 9.17) is 14.2 Å². The van der Waals surface area contributed by atoms with Crippen LogP contribution in [-0.2, 0) is 29.0 Å². The molecule has 1 aliphatic rings. The van der Waals surface area contributed by atoms with Crippen LogP contribution in [0.15, 0.2) is 42.5 Å². The standard InChI is InChI=1S/C20H23NO4/c1-23-18-10-15-12-21(13-16(15)11-19(18)24-2)17(20(22)25-3)9-14-7-5-4-6-8-14/h4-8,10-11,17H,9,12-13H2,1-3H3/t17-/m0/s1. The van der Waals surface area contributed by atoms with Crippen LogP contribution in [0.3, 0.4) is 0 Å². The first-order valence-corrected chi connectivity index (χ1v) is 8.25. The fourth-order valence-corrected chi connectivity index (χ4v) is 3.31. The van der Waals surface area contributed by atoms with E-state index < -0.39 is 0 Å². The third-order valence-electron chi connectivity index (χ3n) is 4.64. The van der Waals surface area contributed by atoms with Crippen LogP contribution in [0.1, 0.15) is 16.7 Å². The van der Waals surface area contributed by atoms with Crippen molar-refractivity contribution >= 4 is 5.97 Å². The number of benzene rings is 2. The van der Waals surface area contributed by atoms with E-state index in [2.05, 4.69) is 4.90 Å². The zero-order valence-corrected chi connectivity index (χ0v) is 14.8. The van der Waals surface area contributed by atoms with E-state index in [1.54, 1.807) is 14.2 Å². The van der Waals surface area contributed by atoms with Crippen molar-refractivity contribution in [1.82, 2.24) is 4.90 Å². The molecule has 0 aromatic heterocycles. The molecule has 5 heteroatoms. The molecule has 0 saturated heterocycles. The van der Waals surface area contributed by atoms with Crippen LogP contribution in [0.25, 0.3) is 0 Å². The summed E-state index contributed by atoms with van der Waals surface area (Å²) in [4.78, 5) is 14.5. The van der Waals surface area contributed by atoms with Gasteiger partial charge in [-0.15, -0.1) is 0 Å². The van der Waals surface area contributed by atoms with Gasteiger partial charge in [0.05, 0.1) is 21.3 Å². The first kappa shape index (κ1) is 17.3. The molecule has 0 bridgehead atoms. The summed E-state index contributed by atoms with van der Waals surface area (Å²) in [6.45, 7) is 1.37. The molecule has 5 nitrogen and oxygen atoms in total. The topological polar surface area (TPSA) is 48.0 Å². The second kappa shape index (κ2) is 7.57. The van der Waals surface area contributed by atoms with E-state index in [0.717, 1.165) is 16.7 Å². The van der Waals surface area contributed by atoms with Crippen molar-refractivity contribution < 1.29 is 19.0 Å². The smallest absolute Gasteiger partial charge is 0.323 e. The number of carbonyl (C=O) groups is 1. The van der Waals surface area contributed by atoms with Gasteiger partial charge in [-0.3, -0.25) is 9.69 Å². The average Bonchev–Trinajstić information content (AvgIpc) is 3.07. The Hall–Kier alpha value is -2.53. The van der Waals surface area contributed by atoms with Crippen molar-refractivity contribution in [1.29, 1.82) is 0 Å². The summed E-state index contributed by atoms with van der Waals surface area (Å²) >= 11 is 0. The number of methoxy groups -OCH3 is 3. The molecule has 1 heterocycles. The molecular formula is C20H23NO4. The molecule has 2 aromatic rings. The maximum absolute atomic E-state index is 12.4. The van der Waals surface area contributed by atoms with E-state index in [0.29, 0.717) is 31.0 Å². The zero-order valence-electron chi connectivity index (χ0n) is 14.8. The Morgan fingerprint density at radius 3 is 2.04 bits per heavy atom. The minimum atomic E-state index is -0.322. The van der Waals surface area contributed by atoms with Gasteiger partial charge in [-0.05, 0) is 35.2 Å². The van der Waals surface area contributed by atoms with Gasteiger partial charge in [-0.25, -0.2) is 0 Å². The summed E-state index contributed by atoms with van der Waals surface area (Å²) in [7, 11) is 4.70. The van der Waals surface area contributed by atoms with Crippen LogP contribution in [0.4, 0.5) is 0 Å². The Morgan fingerprint density at radius 1 is 1.00 bits per heavy atom. The molecule has 0 spiro atoms. The van der Waals surface area contributed by atoms with Crippen molar-refractivity contribution in [2.45, 2.75) is 25.6 Å². The lowest BCUT2D eigenvalue weighted by molar-refractivity contribution is -0.147. The Morgan fingerprint density at radius 2 is 1.56 bits per heavy atom. The van der Waals surface area contributed by atoms with Gasteiger partial charge < -0.3 is 14.2 Å². The molecule has 0 saturated carbocycles. The van der Waals surface area contributed by atoms with Gasteiger partial charge in [0.15, 0.2) is 11.5 Å². The van der Waals surface area contributed by atoms with Gasteiger partial charge in [0.25, 0.3) is 0 Å². The van der Waals surface area contributed by atoms with Crippen molar-refractivity contribution in [3.63, 3.8) is 0 Å². The minimum Gasteiger partial charge on any atom is -0.493 e. The summed E-state index contributed by atoms with van der Waals surface area (Å²) in [5.74, 6) is 1.21. The Balaban J connectivity index is 1.84. The van der Waals surface area contributed by atoms with Gasteiger partial charge >= 0.3 is 5.97 Å². The largest absolute Gasteiger partial charge is 0.493 e. The maximum atomic E-state index is 12.4. The number of fused-ring (bicyclic) bond motifs is 1. The van der Waals surface area contributed by atoms with Crippen LogP contribution >= 0.6 is 0 Å². The Kier molecular flexibility index (Phi) is 5.24. The van der Waals surface area contributed by atoms with Crippen LogP contribution < -0.4 is 9.47 Å². The highest BCUT2D eigenvalue weighted by molar-refractivity contribution is 5.76. The predicted molar refractivity (Wildman–Crippen MR) is 94.7 cm³/mol. The van der Waals surface area contributed by atoms with Crippen LogP contribution in [0, 0.1) is 0 Å². The summed E-state index contributed by atoms with van der Waals surface area (Å²) in [5, 5.41) is 0. The third-order valence-corrected chi connectivity index (χ3v) is 4.64. The van der Waals surface area contributed by atoms with Crippen LogP contribution in [0.2, 0.25) is 0 Å². The average molecular weight is 341 g/mol. The lowest BCUT2D eigenvalue weighted by Crippen LogP contribution is -2.40. The second-order valence-corrected chi connectivity index (χ2v) is 6.11. The van der Waals surface area contributed by atoms with E-state index in [1.165, 1.54) is 7.11 Å². The normalized spacial score (nSPS) is 14.7. The predicted octanol–water partition coefficient (Wildman–Crippen LogP) is 2.80. The molecule has 132 valence electrons. The lowest BCUT2D eigenvalue weighted by Gasteiger charge is -2.25. The highest BCUT2D eigenvalue weighted by Crippen LogP contribution is 2.36. The SMILES string of the molecule is COC(=O)[C@H](Cc1ccccc1)N1Cc2cc(OC)c(OC)cc2C1. The molecular weight excluding hydrogens is 318 g/mol. The van der Waals surface area contributed by atoms with Crippen LogP contribution in [0.5, 0.6) is 11.5 Å². The molecule has 1 aliphatic heterocycles. The van der Waals surface area contributed by atoms with E-state index in [-0.39, 0.29) is 12.0 Å². The summed E-state index contributed by atoms with van der Waals surface area (Å²) in [6, 6.07) is 13.7. The molecule has 0 aliphatic carbocycles. The summed E-state index contributed by atoms with van der Waals surface area (Å²) in [6.07, 6.45) is 0.621. The fraction of sp³-hybridized carbons (Fsp3) is 0.350. The van der Waals surface area contributed by atoms with E-state index in [9.17, 15) is 4.79 Å². The van der Waals surface area contributed by atoms with Gasteiger partial charge in [0.1, 0.15) is 6.04 Å². The molecule has 3 rings (SSSR count). The number of esters is 1. The van der Waals surface area contributed by atoms with Gasteiger partial charge in [0, 0.05) is 13.1 Å². The summed E-state index contributed by atoms with van der Waals surface area (Å²) < 4.78 is 15.8. The van der Waals surface area contributed by atoms with Crippen molar-refractivity contribution in [2.75, 3.05) is 21.3 Å². The number of nitrogens with zero attached hydrogens (tertiary/aromatic N) is 1. The molecule has 0 amide bonds. The quantitative estimate of drug-likeness (QED) is 0.756. The molecule has 2 aromatic carbocycles. The first-order valence-electron chi connectivity index (χ1n) is 8.25. The number of hydrogen-bond acceptors (Lipinski definition) is 5. The fourth-order valence-electron chi connectivity index (χ4n) is 3.31. The van der Waals surface area contributed by atoms with Crippen molar-refractivity contribution in [3.8, 4) is 11.5 Å². The minimum absolute atomic E-state index is 0.212. The lowest BCUT2D eigenvalue weighted by atomic mass is 10.0. The van der Waals surface area contributed by atoms with Crippen molar-refractivity contribution in [2.24, 2.45) is 0 Å². The Labute approximate surface area is 148 Å². The molecule has 25 heavy (non-hydrogen) atoms. The molecule has 1 atom stereocenters. The van der Waals surface area contributed by atoms with E-state index >= 15 is 0 Å². The van der Waals surface area contributed by atoms with Gasteiger partial charge in [0.2, 0.25) is 0 Å². The van der Waals surface area contributed by atoms with Gasteiger partial charge in [-0.2, -0.15) is 0 Å². The second-order valence-electron chi connectivity index (χ2n) is 6.11. The van der Waals surface area contributed by atoms with Gasteiger partial charge in [-0.1, -0.05) is 30.3 Å². The highest BCUT2D eigenvalue weighted by atomic mass is 16.5. The zero-order chi connectivity index (χ0) is 17.8. The monoisotopic (exact) mass is 341 g/mol. The number of carbonyl (C=O) groups excluding carboxylic acids is 1. The van der Waals surface area contributed by atoms with Crippen LogP contribution in [-0.4, -0.2) is 38.2 Å². The first-order chi connectivity index (χ1) is 12.2. The molecule has 0 fully saturated rings. The molecule has 0 radical (unpaired) electrons. The Bertz CT molecular complexity index is 712.